The van der Waals surface area contributed by atoms with Crippen molar-refractivity contribution in [3.05, 3.63) is 23.3 Å². The number of allylic oxidation sites excluding steroid dienone is 3. The van der Waals surface area contributed by atoms with Gasteiger partial charge in [-0.15, -0.1) is 0 Å². The third-order valence-electron chi connectivity index (χ3n) is 14.5. The molecule has 11 nitrogen and oxygen atoms in total. The SMILES string of the molecule is CO[C@@H]1C(OC(=O)N[C@H]2CC[C@H](NC(=O)O[C@@H]3CC[C@]4(CO4)C([C@@]4(C)O[C@@H]4CC=C(C)C)[C@@H]3OC)CC2)CC[C@]2(CO2)[C@H]1[C@@]1(C)CC[C@@H]1CC=C(C)C. The number of ether oxygens (including phenoxy) is 7. The second-order valence-electron chi connectivity index (χ2n) is 18.4. The van der Waals surface area contributed by atoms with E-state index in [1.54, 1.807) is 14.2 Å². The Morgan fingerprint density at radius 2 is 1.15 bits per heavy atom. The molecule has 7 rings (SSSR count). The predicted octanol–water partition coefficient (Wildman–Crippen LogP) is 7.16. The summed E-state index contributed by atoms with van der Waals surface area (Å²) in [4.78, 5) is 26.6. The highest BCUT2D eigenvalue weighted by molar-refractivity contribution is 5.68. The number of rotatable bonds is 12. The van der Waals surface area contributed by atoms with E-state index in [1.807, 2.05) is 0 Å². The molecule has 4 aliphatic carbocycles. The van der Waals surface area contributed by atoms with E-state index in [9.17, 15) is 9.59 Å². The fraction of sp³-hybridized carbons (Fsp3) is 0.857. The molecule has 3 saturated heterocycles. The van der Waals surface area contributed by atoms with Crippen LogP contribution in [0.1, 0.15) is 119 Å². The molecule has 2 unspecified atom stereocenters. The van der Waals surface area contributed by atoms with Crippen molar-refractivity contribution < 1.29 is 42.7 Å². The second kappa shape index (κ2) is 15.1. The minimum Gasteiger partial charge on any atom is -0.443 e. The summed E-state index contributed by atoms with van der Waals surface area (Å²) >= 11 is 0. The molecule has 53 heavy (non-hydrogen) atoms. The van der Waals surface area contributed by atoms with Crippen molar-refractivity contribution in [1.29, 1.82) is 0 Å². The van der Waals surface area contributed by atoms with Gasteiger partial charge in [-0.3, -0.25) is 0 Å². The van der Waals surface area contributed by atoms with Crippen LogP contribution in [0, 0.1) is 23.2 Å². The first-order chi connectivity index (χ1) is 25.3. The van der Waals surface area contributed by atoms with E-state index in [2.05, 4.69) is 64.3 Å². The maximum Gasteiger partial charge on any atom is 0.407 e. The van der Waals surface area contributed by atoms with Crippen molar-refractivity contribution in [2.75, 3.05) is 27.4 Å². The molecule has 7 fully saturated rings. The molecule has 2 spiro atoms. The molecule has 4 saturated carbocycles. The highest BCUT2D eigenvalue weighted by atomic mass is 16.6. The van der Waals surface area contributed by atoms with Gasteiger partial charge >= 0.3 is 12.2 Å². The summed E-state index contributed by atoms with van der Waals surface area (Å²) < 4.78 is 43.0. The predicted molar refractivity (Wildman–Crippen MR) is 199 cm³/mol. The zero-order chi connectivity index (χ0) is 37.8. The average molecular weight is 743 g/mol. The normalized spacial score (nSPS) is 45.4. The zero-order valence-corrected chi connectivity index (χ0v) is 33.5. The first-order valence-corrected chi connectivity index (χ1v) is 20.5. The molecular formula is C42H66N2O9. The summed E-state index contributed by atoms with van der Waals surface area (Å²) in [6.07, 6.45) is 13.0. The quantitative estimate of drug-likeness (QED) is 0.158. The van der Waals surface area contributed by atoms with Crippen LogP contribution < -0.4 is 10.6 Å². The summed E-state index contributed by atoms with van der Waals surface area (Å²) in [5.41, 5.74) is 1.91. The van der Waals surface area contributed by atoms with Crippen LogP contribution in [0.5, 0.6) is 0 Å². The molecular weight excluding hydrogens is 676 g/mol. The fourth-order valence-electron chi connectivity index (χ4n) is 11.1. The Hall–Kier alpha value is -2.18. The van der Waals surface area contributed by atoms with Gasteiger partial charge in [-0.2, -0.15) is 0 Å². The third-order valence-corrected chi connectivity index (χ3v) is 14.5. The van der Waals surface area contributed by atoms with E-state index in [0.29, 0.717) is 18.9 Å². The van der Waals surface area contributed by atoms with Crippen LogP contribution in [0.4, 0.5) is 9.59 Å². The number of carbonyl (C=O) groups is 2. The minimum atomic E-state index is -0.416. The third kappa shape index (κ3) is 7.80. The molecule has 11 heteroatoms. The largest absolute Gasteiger partial charge is 0.443 e. The molecule has 0 aromatic carbocycles. The molecule has 0 aromatic heterocycles. The van der Waals surface area contributed by atoms with Gasteiger partial charge in [-0.1, -0.05) is 30.2 Å². The molecule has 298 valence electrons. The van der Waals surface area contributed by atoms with Crippen molar-refractivity contribution in [2.24, 2.45) is 23.2 Å². The van der Waals surface area contributed by atoms with Gasteiger partial charge in [-0.25, -0.2) is 9.59 Å². The van der Waals surface area contributed by atoms with Crippen molar-refractivity contribution in [1.82, 2.24) is 10.6 Å². The van der Waals surface area contributed by atoms with Gasteiger partial charge in [0.15, 0.2) is 0 Å². The van der Waals surface area contributed by atoms with Crippen molar-refractivity contribution in [3.8, 4) is 0 Å². The second-order valence-corrected chi connectivity index (χ2v) is 18.4. The number of nitrogens with one attached hydrogen (secondary N) is 2. The van der Waals surface area contributed by atoms with Crippen LogP contribution in [-0.4, -0.2) is 99.0 Å². The van der Waals surface area contributed by atoms with E-state index in [1.165, 1.54) is 17.6 Å². The van der Waals surface area contributed by atoms with Gasteiger partial charge in [-0.05, 0) is 123 Å². The molecule has 3 heterocycles. The lowest BCUT2D eigenvalue weighted by Gasteiger charge is -2.58. The topological polar surface area (TPSA) is 133 Å². The molecule has 0 aromatic rings. The Balaban J connectivity index is 0.878. The summed E-state index contributed by atoms with van der Waals surface area (Å²) in [6.45, 7) is 14.5. The van der Waals surface area contributed by atoms with Crippen molar-refractivity contribution in [3.63, 3.8) is 0 Å². The Morgan fingerprint density at radius 3 is 1.58 bits per heavy atom. The molecule has 2 N–H and O–H groups in total. The lowest BCUT2D eigenvalue weighted by molar-refractivity contribution is -0.171. The highest BCUT2D eigenvalue weighted by Gasteiger charge is 2.72. The lowest BCUT2D eigenvalue weighted by atomic mass is 9.48. The number of amides is 2. The Labute approximate surface area is 316 Å². The van der Waals surface area contributed by atoms with Crippen LogP contribution in [0.25, 0.3) is 0 Å². The number of epoxide rings is 3. The molecule has 3 aliphatic heterocycles. The zero-order valence-electron chi connectivity index (χ0n) is 33.5. The summed E-state index contributed by atoms with van der Waals surface area (Å²) in [5, 5.41) is 6.25. The maximum atomic E-state index is 13.3. The van der Waals surface area contributed by atoms with Crippen LogP contribution in [0.15, 0.2) is 23.3 Å². The van der Waals surface area contributed by atoms with E-state index < -0.39 is 6.09 Å². The first-order valence-electron chi connectivity index (χ1n) is 20.5. The summed E-state index contributed by atoms with van der Waals surface area (Å²) in [5.74, 6) is 0.746. The van der Waals surface area contributed by atoms with Gasteiger partial charge in [0.1, 0.15) is 35.6 Å². The van der Waals surface area contributed by atoms with Crippen LogP contribution in [0.3, 0.4) is 0 Å². The average Bonchev–Trinajstić information content (AvgIpc) is 4.06. The number of hydrogen-bond acceptors (Lipinski definition) is 9. The van der Waals surface area contributed by atoms with Gasteiger partial charge < -0.3 is 43.8 Å². The van der Waals surface area contributed by atoms with E-state index in [4.69, 9.17) is 33.2 Å². The van der Waals surface area contributed by atoms with Crippen LogP contribution in [-0.2, 0) is 33.2 Å². The van der Waals surface area contributed by atoms with E-state index in [0.717, 1.165) is 70.8 Å². The number of carbonyl (C=O) groups excluding carboxylic acids is 2. The highest BCUT2D eigenvalue weighted by Crippen LogP contribution is 2.64. The summed E-state index contributed by atoms with van der Waals surface area (Å²) in [7, 11) is 3.45. The molecule has 2 amide bonds. The number of hydrogen-bond donors (Lipinski definition) is 2. The van der Waals surface area contributed by atoms with Crippen molar-refractivity contribution in [2.45, 2.75) is 178 Å². The van der Waals surface area contributed by atoms with E-state index in [-0.39, 0.29) is 82.8 Å². The number of methoxy groups -OCH3 is 2. The standard InChI is InChI=1S/C42H66N2O9/c1-25(2)9-11-27-17-20-39(27,5)35-33(47-7)30(18-21-41(35)23-49-41)51-37(45)43-28-12-14-29(15-13-28)44-38(46)52-31-19-22-42(24-50-42)36(34(31)48-8)40(6)32(53-40)16-10-26(3)4/h9-10,27-36H,11-24H2,1-8H3,(H,43,45)(H,44,46)/t27-,28-,29-,30?,31+,32+,33+,34+,35+,36?,39-,40-,41-,42-/m0/s1. The van der Waals surface area contributed by atoms with E-state index >= 15 is 0 Å². The fourth-order valence-corrected chi connectivity index (χ4v) is 11.1. The molecule has 12 atom stereocenters. The minimum absolute atomic E-state index is 0.0158. The molecule has 0 radical (unpaired) electrons. The monoisotopic (exact) mass is 742 g/mol. The Bertz CT molecular complexity index is 1410. The van der Waals surface area contributed by atoms with Gasteiger partial charge in [0.2, 0.25) is 0 Å². The van der Waals surface area contributed by atoms with Crippen molar-refractivity contribution >= 4 is 12.2 Å². The van der Waals surface area contributed by atoms with Crippen LogP contribution >= 0.6 is 0 Å². The number of alkyl carbamates (subject to hydrolysis) is 2. The Kier molecular flexibility index (Phi) is 11.1. The Morgan fingerprint density at radius 1 is 0.679 bits per heavy atom. The smallest absolute Gasteiger partial charge is 0.407 e. The molecule has 0 bridgehead atoms. The lowest BCUT2D eigenvalue weighted by Crippen LogP contribution is -2.60. The maximum absolute atomic E-state index is 13.3. The van der Waals surface area contributed by atoms with Gasteiger partial charge in [0.05, 0.1) is 30.8 Å². The first kappa shape index (κ1) is 39.1. The van der Waals surface area contributed by atoms with Gasteiger partial charge in [0, 0.05) is 32.2 Å². The molecule has 7 aliphatic rings. The van der Waals surface area contributed by atoms with Gasteiger partial charge in [0.25, 0.3) is 0 Å². The van der Waals surface area contributed by atoms with Crippen LogP contribution in [0.2, 0.25) is 0 Å². The summed E-state index contributed by atoms with van der Waals surface area (Å²) in [6, 6.07) is -0.0417.